The minimum Gasteiger partial charge on any atom is -0.354 e. The van der Waals surface area contributed by atoms with Gasteiger partial charge in [-0.15, -0.1) is 12.4 Å². The number of nitrogens with zero attached hydrogens (tertiary/aromatic N) is 2. The number of hydrogen-bond donors (Lipinski definition) is 3. The third kappa shape index (κ3) is 5.56. The van der Waals surface area contributed by atoms with E-state index in [1.807, 2.05) is 18.2 Å². The van der Waals surface area contributed by atoms with Crippen molar-refractivity contribution < 1.29 is 4.79 Å². The number of fused-ring (bicyclic) bond motifs is 1. The Bertz CT molecular complexity index is 881. The molecule has 3 N–H and O–H groups in total. The summed E-state index contributed by atoms with van der Waals surface area (Å²) >= 11 is 0. The van der Waals surface area contributed by atoms with Crippen LogP contribution in [-0.2, 0) is 11.2 Å². The number of para-hydroxylation sites is 1. The molecule has 2 aliphatic heterocycles. The first kappa shape index (κ1) is 21.7. The molecule has 0 bridgehead atoms. The van der Waals surface area contributed by atoms with Crippen LogP contribution >= 0.6 is 12.4 Å². The lowest BCUT2D eigenvalue weighted by atomic mass is 9.97. The molecule has 1 aromatic carbocycles. The fourth-order valence-corrected chi connectivity index (χ4v) is 4.31. The van der Waals surface area contributed by atoms with Crippen molar-refractivity contribution in [1.82, 2.24) is 25.5 Å². The number of halogens is 1. The number of carbonyl (C=O) groups is 1. The van der Waals surface area contributed by atoms with Crippen molar-refractivity contribution in [2.75, 3.05) is 32.7 Å². The van der Waals surface area contributed by atoms with Crippen molar-refractivity contribution in [2.24, 2.45) is 5.92 Å². The fourth-order valence-electron chi connectivity index (χ4n) is 4.31. The Hall–Kier alpha value is -1.96. The first-order valence-corrected chi connectivity index (χ1v) is 10.4. The summed E-state index contributed by atoms with van der Waals surface area (Å²) in [6.45, 7) is 4.61. The molecule has 2 fully saturated rings. The number of amides is 1. The fraction of sp³-hybridized carbons (Fsp3) is 0.571. The smallest absolute Gasteiger partial charge is 0.258 e. The number of carbonyl (C=O) groups excluding carboxylic acids is 1. The predicted molar refractivity (Wildman–Crippen MR) is 117 cm³/mol. The third-order valence-electron chi connectivity index (χ3n) is 5.87. The molecule has 2 saturated heterocycles. The molecule has 1 amide bonds. The number of likely N-dealkylation sites (tertiary alicyclic amines) is 1. The van der Waals surface area contributed by atoms with E-state index in [0.29, 0.717) is 11.3 Å². The molecular weight excluding hydrogens is 390 g/mol. The van der Waals surface area contributed by atoms with Crippen LogP contribution in [0.15, 0.2) is 29.1 Å². The highest BCUT2D eigenvalue weighted by Crippen LogP contribution is 2.16. The summed E-state index contributed by atoms with van der Waals surface area (Å²) < 4.78 is 0. The molecule has 0 radical (unpaired) electrons. The van der Waals surface area contributed by atoms with Crippen molar-refractivity contribution in [2.45, 2.75) is 38.1 Å². The Morgan fingerprint density at radius 3 is 2.93 bits per heavy atom. The maximum absolute atomic E-state index is 12.2. The second kappa shape index (κ2) is 10.2. The summed E-state index contributed by atoms with van der Waals surface area (Å²) in [7, 11) is 0. The molecule has 0 spiro atoms. The molecule has 4 rings (SSSR count). The summed E-state index contributed by atoms with van der Waals surface area (Å²) in [6, 6.07) is 7.44. The van der Waals surface area contributed by atoms with Crippen molar-refractivity contribution in [1.29, 1.82) is 0 Å². The van der Waals surface area contributed by atoms with E-state index in [9.17, 15) is 9.59 Å². The van der Waals surface area contributed by atoms with E-state index >= 15 is 0 Å². The molecule has 1 aromatic heterocycles. The van der Waals surface area contributed by atoms with Gasteiger partial charge in [-0.25, -0.2) is 4.98 Å². The summed E-state index contributed by atoms with van der Waals surface area (Å²) in [6.07, 6.45) is 5.05. The molecule has 2 unspecified atom stereocenters. The first-order valence-electron chi connectivity index (χ1n) is 10.4. The summed E-state index contributed by atoms with van der Waals surface area (Å²) in [4.78, 5) is 34.3. The quantitative estimate of drug-likeness (QED) is 0.659. The summed E-state index contributed by atoms with van der Waals surface area (Å²) in [5.74, 6) is 1.38. The van der Waals surface area contributed by atoms with E-state index in [-0.39, 0.29) is 29.9 Å². The molecular formula is C21H30ClN5O2. The first-order chi connectivity index (χ1) is 13.7. The lowest BCUT2D eigenvalue weighted by Crippen LogP contribution is -2.45. The molecule has 7 nitrogen and oxygen atoms in total. The van der Waals surface area contributed by atoms with E-state index in [4.69, 9.17) is 0 Å². The number of aromatic amines is 1. The van der Waals surface area contributed by atoms with Crippen molar-refractivity contribution in [3.8, 4) is 0 Å². The SMILES string of the molecule is Cl.O=C(NCC1CCCN(CCc2nc3ccccc3c(=O)[nH]2)C1)C1CCCN1. The minimum atomic E-state index is -0.0691. The van der Waals surface area contributed by atoms with Crippen LogP contribution in [0.5, 0.6) is 0 Å². The van der Waals surface area contributed by atoms with Gasteiger partial charge in [-0.2, -0.15) is 0 Å². The van der Waals surface area contributed by atoms with Crippen LogP contribution in [0.2, 0.25) is 0 Å². The Labute approximate surface area is 177 Å². The molecule has 0 saturated carbocycles. The lowest BCUT2D eigenvalue weighted by molar-refractivity contribution is -0.123. The average Bonchev–Trinajstić information content (AvgIpc) is 3.26. The largest absolute Gasteiger partial charge is 0.354 e. The van der Waals surface area contributed by atoms with E-state index in [1.165, 1.54) is 0 Å². The highest BCUT2D eigenvalue weighted by molar-refractivity contribution is 5.85. The lowest BCUT2D eigenvalue weighted by Gasteiger charge is -2.32. The van der Waals surface area contributed by atoms with Gasteiger partial charge in [0.05, 0.1) is 16.9 Å². The Morgan fingerprint density at radius 1 is 1.24 bits per heavy atom. The number of nitrogens with one attached hydrogen (secondary N) is 3. The van der Waals surface area contributed by atoms with Gasteiger partial charge < -0.3 is 20.5 Å². The Kier molecular flexibility index (Phi) is 7.64. The summed E-state index contributed by atoms with van der Waals surface area (Å²) in [5, 5.41) is 7.01. The maximum Gasteiger partial charge on any atom is 0.258 e. The highest BCUT2D eigenvalue weighted by Gasteiger charge is 2.24. The topological polar surface area (TPSA) is 90.1 Å². The minimum absolute atomic E-state index is 0. The van der Waals surface area contributed by atoms with Crippen LogP contribution in [0.1, 0.15) is 31.5 Å². The van der Waals surface area contributed by atoms with Gasteiger partial charge in [0.25, 0.3) is 5.56 Å². The van der Waals surface area contributed by atoms with Crippen LogP contribution in [0.3, 0.4) is 0 Å². The maximum atomic E-state index is 12.2. The Balaban J connectivity index is 0.00000240. The molecule has 158 valence electrons. The Morgan fingerprint density at radius 2 is 2.10 bits per heavy atom. The predicted octanol–water partition coefficient (Wildman–Crippen LogP) is 1.47. The summed E-state index contributed by atoms with van der Waals surface area (Å²) in [5.41, 5.74) is 0.682. The van der Waals surface area contributed by atoms with Gasteiger partial charge >= 0.3 is 0 Å². The highest BCUT2D eigenvalue weighted by atomic mass is 35.5. The van der Waals surface area contributed by atoms with Crippen molar-refractivity contribution in [3.05, 3.63) is 40.4 Å². The van der Waals surface area contributed by atoms with Crippen LogP contribution in [0.4, 0.5) is 0 Å². The van der Waals surface area contributed by atoms with Crippen LogP contribution in [0.25, 0.3) is 10.9 Å². The molecule has 2 atom stereocenters. The van der Waals surface area contributed by atoms with Crippen molar-refractivity contribution >= 4 is 29.2 Å². The zero-order chi connectivity index (χ0) is 19.3. The van der Waals surface area contributed by atoms with Gasteiger partial charge in [-0.3, -0.25) is 9.59 Å². The number of H-pyrrole nitrogens is 1. The molecule has 29 heavy (non-hydrogen) atoms. The average molecular weight is 420 g/mol. The van der Waals surface area contributed by atoms with Gasteiger partial charge in [-0.05, 0) is 56.8 Å². The number of aromatic nitrogens is 2. The molecule has 2 aromatic rings. The zero-order valence-electron chi connectivity index (χ0n) is 16.7. The molecule has 2 aliphatic rings. The second-order valence-corrected chi connectivity index (χ2v) is 7.98. The van der Waals surface area contributed by atoms with Gasteiger partial charge in [0, 0.05) is 26.1 Å². The number of piperidine rings is 1. The standard InChI is InChI=1S/C21H29N5O2.ClH/c27-20-16-6-1-2-7-17(16)24-19(25-20)9-12-26-11-4-5-15(14-26)13-23-21(28)18-8-3-10-22-18;/h1-2,6-7,15,18,22H,3-5,8-14H2,(H,23,28)(H,24,25,27);1H. The van der Waals surface area contributed by atoms with Crippen LogP contribution in [-0.4, -0.2) is 59.5 Å². The van der Waals surface area contributed by atoms with Gasteiger partial charge in [0.2, 0.25) is 5.91 Å². The van der Waals surface area contributed by atoms with E-state index in [1.54, 1.807) is 6.07 Å². The monoisotopic (exact) mass is 419 g/mol. The second-order valence-electron chi connectivity index (χ2n) is 7.98. The molecule has 8 heteroatoms. The van der Waals surface area contributed by atoms with Gasteiger partial charge in [0.1, 0.15) is 5.82 Å². The van der Waals surface area contributed by atoms with Gasteiger partial charge in [-0.1, -0.05) is 12.1 Å². The van der Waals surface area contributed by atoms with Crippen LogP contribution in [0, 0.1) is 5.92 Å². The number of rotatable bonds is 6. The van der Waals surface area contributed by atoms with Crippen molar-refractivity contribution in [3.63, 3.8) is 0 Å². The zero-order valence-corrected chi connectivity index (χ0v) is 17.5. The molecule has 0 aliphatic carbocycles. The number of benzene rings is 1. The normalized spacial score (nSPS) is 22.3. The number of hydrogen-bond acceptors (Lipinski definition) is 5. The van der Waals surface area contributed by atoms with E-state index in [0.717, 1.165) is 76.2 Å². The van der Waals surface area contributed by atoms with Crippen LogP contribution < -0.4 is 16.2 Å². The van der Waals surface area contributed by atoms with Gasteiger partial charge in [0.15, 0.2) is 0 Å². The third-order valence-corrected chi connectivity index (χ3v) is 5.87. The van der Waals surface area contributed by atoms with E-state index < -0.39 is 0 Å². The molecule has 3 heterocycles. The van der Waals surface area contributed by atoms with E-state index in [2.05, 4.69) is 25.5 Å².